The third kappa shape index (κ3) is 6.11. The second-order valence-electron chi connectivity index (χ2n) is 6.19. The lowest BCUT2D eigenvalue weighted by Crippen LogP contribution is -2.30. The van der Waals surface area contributed by atoms with Crippen LogP contribution in [0.1, 0.15) is 35.3 Å². The zero-order chi connectivity index (χ0) is 21.6. The first-order chi connectivity index (χ1) is 13.6. The molecule has 0 aliphatic carbocycles. The van der Waals surface area contributed by atoms with Gasteiger partial charge in [-0.1, -0.05) is 30.3 Å². The molecule has 2 aromatic carbocycles. The molecule has 0 spiro atoms. The molecular weight excluding hydrogens is 400 g/mol. The highest BCUT2D eigenvalue weighted by Gasteiger charge is 2.23. The molecule has 2 rings (SSSR count). The molecule has 2 aromatic rings. The van der Waals surface area contributed by atoms with Crippen molar-refractivity contribution in [2.24, 2.45) is 0 Å². The average Bonchev–Trinajstić information content (AvgIpc) is 2.67. The summed E-state index contributed by atoms with van der Waals surface area (Å²) in [5, 5.41) is 13.8. The van der Waals surface area contributed by atoms with E-state index < -0.39 is 38.4 Å². The van der Waals surface area contributed by atoms with E-state index in [0.29, 0.717) is 5.56 Å². The van der Waals surface area contributed by atoms with Gasteiger partial charge in [-0.15, -0.1) is 0 Å². The van der Waals surface area contributed by atoms with Gasteiger partial charge in [-0.25, -0.2) is 8.42 Å². The number of sulfone groups is 1. The Bertz CT molecular complexity index is 1020. The molecule has 1 atom stereocenters. The number of amides is 1. The highest BCUT2D eigenvalue weighted by molar-refractivity contribution is 7.90. The van der Waals surface area contributed by atoms with Crippen LogP contribution in [0.3, 0.4) is 0 Å². The summed E-state index contributed by atoms with van der Waals surface area (Å²) >= 11 is 0. The summed E-state index contributed by atoms with van der Waals surface area (Å²) in [6.45, 7) is 1.83. The van der Waals surface area contributed by atoms with E-state index in [1.165, 1.54) is 0 Å². The van der Waals surface area contributed by atoms with Gasteiger partial charge in [0.15, 0.2) is 9.84 Å². The van der Waals surface area contributed by atoms with Gasteiger partial charge in [0.25, 0.3) is 11.6 Å². The van der Waals surface area contributed by atoms with E-state index in [1.54, 1.807) is 37.3 Å². The van der Waals surface area contributed by atoms with Gasteiger partial charge in [0.05, 0.1) is 28.9 Å². The van der Waals surface area contributed by atoms with Crippen LogP contribution in [0.5, 0.6) is 0 Å². The number of esters is 1. The summed E-state index contributed by atoms with van der Waals surface area (Å²) in [7, 11) is -3.78. The van der Waals surface area contributed by atoms with Crippen molar-refractivity contribution in [2.75, 3.05) is 12.9 Å². The van der Waals surface area contributed by atoms with E-state index >= 15 is 0 Å². The number of carbonyl (C=O) groups is 2. The maximum absolute atomic E-state index is 12.7. The van der Waals surface area contributed by atoms with E-state index in [-0.39, 0.29) is 23.5 Å². The number of non-ortho nitro benzene ring substituents is 1. The van der Waals surface area contributed by atoms with Crippen LogP contribution in [0.2, 0.25) is 0 Å². The Balaban J connectivity index is 2.39. The summed E-state index contributed by atoms with van der Waals surface area (Å²) in [5.74, 6) is -1.28. The van der Waals surface area contributed by atoms with E-state index in [0.717, 1.165) is 24.5 Å². The lowest BCUT2D eigenvalue weighted by molar-refractivity contribution is -0.385. The van der Waals surface area contributed by atoms with E-state index in [9.17, 15) is 28.1 Å². The van der Waals surface area contributed by atoms with Crippen LogP contribution in [0.25, 0.3) is 0 Å². The molecule has 0 radical (unpaired) electrons. The van der Waals surface area contributed by atoms with Crippen molar-refractivity contribution in [3.8, 4) is 0 Å². The molecular formula is C19H20N2O7S. The third-order valence-electron chi connectivity index (χ3n) is 3.98. The van der Waals surface area contributed by atoms with Gasteiger partial charge in [0, 0.05) is 24.0 Å². The molecule has 1 N–H and O–H groups in total. The van der Waals surface area contributed by atoms with Crippen LogP contribution in [-0.2, 0) is 19.4 Å². The van der Waals surface area contributed by atoms with Gasteiger partial charge in [-0.3, -0.25) is 19.7 Å². The molecule has 10 heteroatoms. The lowest BCUT2D eigenvalue weighted by Gasteiger charge is -2.19. The Kier molecular flexibility index (Phi) is 7.05. The molecule has 0 fully saturated rings. The zero-order valence-electron chi connectivity index (χ0n) is 15.8. The van der Waals surface area contributed by atoms with Crippen molar-refractivity contribution < 1.29 is 27.7 Å². The van der Waals surface area contributed by atoms with Crippen molar-refractivity contribution >= 4 is 27.4 Å². The number of nitrogens with one attached hydrogen (secondary N) is 1. The maximum atomic E-state index is 12.7. The molecule has 29 heavy (non-hydrogen) atoms. The maximum Gasteiger partial charge on any atom is 0.308 e. The fourth-order valence-corrected chi connectivity index (χ4v) is 3.28. The van der Waals surface area contributed by atoms with E-state index in [1.807, 2.05) is 0 Å². The number of ether oxygens (including phenoxy) is 1. The summed E-state index contributed by atoms with van der Waals surface area (Å²) in [6.07, 6.45) is 0.735. The van der Waals surface area contributed by atoms with Crippen LogP contribution in [0.4, 0.5) is 5.69 Å². The second kappa shape index (κ2) is 9.28. The van der Waals surface area contributed by atoms with Gasteiger partial charge < -0.3 is 10.1 Å². The Morgan fingerprint density at radius 3 is 2.38 bits per heavy atom. The minimum atomic E-state index is -3.78. The summed E-state index contributed by atoms with van der Waals surface area (Å²) in [5.41, 5.74) is -0.105. The minimum Gasteiger partial charge on any atom is -0.466 e. The number of nitro groups is 1. The molecule has 1 unspecified atom stereocenters. The molecule has 0 aromatic heterocycles. The first-order valence-electron chi connectivity index (χ1n) is 8.62. The summed E-state index contributed by atoms with van der Waals surface area (Å²) in [6, 6.07) is 10.8. The Morgan fingerprint density at radius 2 is 1.83 bits per heavy atom. The number of carbonyl (C=O) groups excluding carboxylic acids is 2. The monoisotopic (exact) mass is 420 g/mol. The molecule has 9 nitrogen and oxygen atoms in total. The molecule has 0 saturated heterocycles. The van der Waals surface area contributed by atoms with Crippen LogP contribution in [0, 0.1) is 10.1 Å². The summed E-state index contributed by atoms with van der Waals surface area (Å²) in [4.78, 5) is 34.7. The topological polar surface area (TPSA) is 133 Å². The number of benzene rings is 2. The van der Waals surface area contributed by atoms with Gasteiger partial charge in [-0.2, -0.15) is 0 Å². The number of hydrogen-bond acceptors (Lipinski definition) is 7. The fraction of sp³-hybridized carbons (Fsp3) is 0.263. The van der Waals surface area contributed by atoms with Gasteiger partial charge in [-0.05, 0) is 18.6 Å². The number of nitrogens with zero attached hydrogens (tertiary/aromatic N) is 1. The second-order valence-corrected chi connectivity index (χ2v) is 8.21. The van der Waals surface area contributed by atoms with E-state index in [2.05, 4.69) is 5.32 Å². The number of rotatable bonds is 8. The summed E-state index contributed by atoms with van der Waals surface area (Å²) < 4.78 is 28.6. The average molecular weight is 420 g/mol. The smallest absolute Gasteiger partial charge is 0.308 e. The Labute approximate surface area is 167 Å². The van der Waals surface area contributed by atoms with Crippen molar-refractivity contribution in [1.29, 1.82) is 0 Å². The fourth-order valence-electron chi connectivity index (χ4n) is 2.60. The zero-order valence-corrected chi connectivity index (χ0v) is 16.6. The molecule has 154 valence electrons. The standard InChI is InChI=1S/C19H20N2O7S/c1-3-28-18(22)12-17(13-7-5-4-6-8-13)20-19(23)14-9-15(21(24)25)11-16(10-14)29(2,26)27/h4-11,17H,3,12H2,1-2H3,(H,20,23). The van der Waals surface area contributed by atoms with Gasteiger partial charge in [0.1, 0.15) is 0 Å². The minimum absolute atomic E-state index is 0.155. The molecule has 0 bridgehead atoms. The largest absolute Gasteiger partial charge is 0.466 e. The lowest BCUT2D eigenvalue weighted by atomic mass is 10.0. The first-order valence-corrected chi connectivity index (χ1v) is 10.5. The Morgan fingerprint density at radius 1 is 1.17 bits per heavy atom. The van der Waals surface area contributed by atoms with Crippen molar-refractivity contribution in [2.45, 2.75) is 24.3 Å². The predicted molar refractivity (Wildman–Crippen MR) is 104 cm³/mol. The van der Waals surface area contributed by atoms with Gasteiger partial charge >= 0.3 is 5.97 Å². The highest BCUT2D eigenvalue weighted by Crippen LogP contribution is 2.23. The number of nitro benzene ring substituents is 1. The molecule has 0 heterocycles. The first kappa shape index (κ1) is 22.0. The van der Waals surface area contributed by atoms with Crippen LogP contribution >= 0.6 is 0 Å². The van der Waals surface area contributed by atoms with Crippen LogP contribution in [-0.4, -0.2) is 38.1 Å². The molecule has 0 saturated carbocycles. The number of hydrogen-bond donors (Lipinski definition) is 1. The van der Waals surface area contributed by atoms with E-state index in [4.69, 9.17) is 4.74 Å². The van der Waals surface area contributed by atoms with Crippen LogP contribution < -0.4 is 5.32 Å². The normalized spacial score (nSPS) is 12.1. The van der Waals surface area contributed by atoms with Crippen molar-refractivity contribution in [1.82, 2.24) is 5.32 Å². The SMILES string of the molecule is CCOC(=O)CC(NC(=O)c1cc([N+](=O)[O-])cc(S(C)(=O)=O)c1)c1ccccc1. The van der Waals surface area contributed by atoms with Gasteiger partial charge in [0.2, 0.25) is 0 Å². The molecule has 1 amide bonds. The highest BCUT2D eigenvalue weighted by atomic mass is 32.2. The molecule has 0 aliphatic heterocycles. The van der Waals surface area contributed by atoms with Crippen molar-refractivity contribution in [3.05, 3.63) is 69.8 Å². The predicted octanol–water partition coefficient (Wildman–Crippen LogP) is 2.42. The van der Waals surface area contributed by atoms with Crippen LogP contribution in [0.15, 0.2) is 53.4 Å². The Hall–Kier alpha value is -3.27. The molecule has 0 aliphatic rings. The third-order valence-corrected chi connectivity index (χ3v) is 5.07. The quantitative estimate of drug-likeness (QED) is 0.394. The van der Waals surface area contributed by atoms with Crippen molar-refractivity contribution in [3.63, 3.8) is 0 Å².